The van der Waals surface area contributed by atoms with Crippen molar-refractivity contribution in [2.45, 2.75) is 44.7 Å². The van der Waals surface area contributed by atoms with Crippen molar-refractivity contribution in [2.75, 3.05) is 0 Å². The summed E-state index contributed by atoms with van der Waals surface area (Å²) in [7, 11) is 0. The third-order valence-corrected chi connectivity index (χ3v) is 5.02. The molecule has 18 heavy (non-hydrogen) atoms. The number of nitrogens with one attached hydrogen (secondary N) is 1. The van der Waals surface area contributed by atoms with Crippen molar-refractivity contribution in [3.8, 4) is 0 Å². The number of hydrogen-bond donors (Lipinski definition) is 1. The number of piperidine rings is 1. The average Bonchev–Trinajstić information content (AvgIpc) is 2.69. The van der Waals surface area contributed by atoms with E-state index in [2.05, 4.69) is 28.2 Å². The summed E-state index contributed by atoms with van der Waals surface area (Å²) in [4.78, 5) is 12.5. The fraction of sp³-hybridized carbons (Fsp3) is 0.533. The Bertz CT molecular complexity index is 485. The summed E-state index contributed by atoms with van der Waals surface area (Å²) in [5.41, 5.74) is 2.13. The minimum Gasteiger partial charge on any atom is -0.311 e. The maximum Gasteiger partial charge on any atom is 0.168 e. The van der Waals surface area contributed by atoms with Gasteiger partial charge in [0.05, 0.1) is 0 Å². The van der Waals surface area contributed by atoms with Crippen LogP contribution in [0.4, 0.5) is 0 Å². The Balaban J connectivity index is 1.86. The number of carbonyl (C=O) groups excluding carboxylic acids is 1. The van der Waals surface area contributed by atoms with Crippen molar-refractivity contribution in [1.82, 2.24) is 5.32 Å². The van der Waals surface area contributed by atoms with Gasteiger partial charge in [-0.05, 0) is 37.8 Å². The van der Waals surface area contributed by atoms with Crippen molar-refractivity contribution in [2.24, 2.45) is 5.92 Å². The van der Waals surface area contributed by atoms with Crippen molar-refractivity contribution in [1.29, 1.82) is 0 Å². The summed E-state index contributed by atoms with van der Waals surface area (Å²) in [6, 6.07) is 6.87. The first-order valence-electron chi connectivity index (χ1n) is 6.74. The summed E-state index contributed by atoms with van der Waals surface area (Å²) >= 11 is 3.57. The maximum absolute atomic E-state index is 12.5. The molecule has 0 aromatic heterocycles. The van der Waals surface area contributed by atoms with Gasteiger partial charge < -0.3 is 5.32 Å². The zero-order valence-corrected chi connectivity index (χ0v) is 12.2. The zero-order valence-electron chi connectivity index (χ0n) is 10.6. The number of carbonyl (C=O) groups is 1. The molecule has 1 N–H and O–H groups in total. The summed E-state index contributed by atoms with van der Waals surface area (Å²) in [5.74, 6) is 0.472. The van der Waals surface area contributed by atoms with Crippen LogP contribution in [0, 0.1) is 5.92 Å². The van der Waals surface area contributed by atoms with Crippen LogP contribution < -0.4 is 5.32 Å². The summed E-state index contributed by atoms with van der Waals surface area (Å²) in [5, 5.41) is 3.61. The highest BCUT2D eigenvalue weighted by atomic mass is 79.9. The van der Waals surface area contributed by atoms with Crippen LogP contribution in [0.1, 0.15) is 42.1 Å². The van der Waals surface area contributed by atoms with Gasteiger partial charge >= 0.3 is 0 Å². The van der Waals surface area contributed by atoms with Crippen molar-refractivity contribution >= 4 is 21.7 Å². The van der Waals surface area contributed by atoms with Crippen LogP contribution in [0.15, 0.2) is 22.7 Å². The molecule has 3 atom stereocenters. The van der Waals surface area contributed by atoms with Gasteiger partial charge in [-0.15, -0.1) is 0 Å². The minimum atomic E-state index is 0.140. The molecule has 1 aliphatic heterocycles. The highest BCUT2D eigenvalue weighted by molar-refractivity contribution is 9.10. The minimum absolute atomic E-state index is 0.140. The molecule has 1 aromatic carbocycles. The Hall–Kier alpha value is -0.670. The van der Waals surface area contributed by atoms with E-state index in [0.717, 1.165) is 22.9 Å². The predicted molar refractivity (Wildman–Crippen MR) is 75.9 cm³/mol. The lowest BCUT2D eigenvalue weighted by atomic mass is 9.87. The lowest BCUT2D eigenvalue weighted by Gasteiger charge is -2.32. The molecule has 1 saturated heterocycles. The Morgan fingerprint density at radius 1 is 1.33 bits per heavy atom. The van der Waals surface area contributed by atoms with E-state index < -0.39 is 0 Å². The van der Waals surface area contributed by atoms with E-state index in [-0.39, 0.29) is 5.92 Å². The van der Waals surface area contributed by atoms with Crippen LogP contribution in [0.25, 0.3) is 0 Å². The third kappa shape index (κ3) is 2.04. The lowest BCUT2D eigenvalue weighted by Crippen LogP contribution is -2.46. The van der Waals surface area contributed by atoms with E-state index in [4.69, 9.17) is 0 Å². The molecule has 3 unspecified atom stereocenters. The molecule has 96 valence electrons. The highest BCUT2D eigenvalue weighted by Gasteiger charge is 2.38. The van der Waals surface area contributed by atoms with E-state index in [1.54, 1.807) is 0 Å². The monoisotopic (exact) mass is 307 g/mol. The second-order valence-corrected chi connectivity index (χ2v) is 6.40. The van der Waals surface area contributed by atoms with Gasteiger partial charge in [0.2, 0.25) is 0 Å². The van der Waals surface area contributed by atoms with E-state index in [0.29, 0.717) is 17.9 Å². The molecule has 1 aliphatic carbocycles. The lowest BCUT2D eigenvalue weighted by molar-refractivity contribution is 0.0890. The Morgan fingerprint density at radius 2 is 2.17 bits per heavy atom. The van der Waals surface area contributed by atoms with Crippen LogP contribution in [-0.4, -0.2) is 17.9 Å². The van der Waals surface area contributed by atoms with E-state index in [9.17, 15) is 4.79 Å². The van der Waals surface area contributed by atoms with E-state index >= 15 is 0 Å². The molecular formula is C15H18BrNO. The van der Waals surface area contributed by atoms with Gasteiger partial charge in [-0.1, -0.05) is 34.5 Å². The molecule has 1 fully saturated rings. The van der Waals surface area contributed by atoms with Gasteiger partial charge in [-0.3, -0.25) is 4.79 Å². The molecule has 0 amide bonds. The van der Waals surface area contributed by atoms with Gasteiger partial charge in [0.25, 0.3) is 0 Å². The molecule has 1 heterocycles. The molecular weight excluding hydrogens is 290 g/mol. The molecule has 0 saturated carbocycles. The topological polar surface area (TPSA) is 29.1 Å². The average molecular weight is 308 g/mol. The van der Waals surface area contributed by atoms with Crippen LogP contribution in [-0.2, 0) is 6.42 Å². The molecule has 3 heteroatoms. The van der Waals surface area contributed by atoms with Crippen molar-refractivity contribution < 1.29 is 4.79 Å². The number of benzene rings is 1. The first-order valence-corrected chi connectivity index (χ1v) is 7.54. The number of halogens is 1. The second-order valence-electron chi connectivity index (χ2n) is 5.55. The third-order valence-electron chi connectivity index (χ3n) is 4.28. The second kappa shape index (κ2) is 4.78. The fourth-order valence-corrected chi connectivity index (χ4v) is 3.86. The van der Waals surface area contributed by atoms with Gasteiger partial charge in [0, 0.05) is 28.0 Å². The molecule has 1 aromatic rings. The number of hydrogen-bond acceptors (Lipinski definition) is 2. The van der Waals surface area contributed by atoms with Gasteiger partial charge in [0.15, 0.2) is 5.78 Å². The fourth-order valence-electron chi connectivity index (χ4n) is 3.33. The highest BCUT2D eigenvalue weighted by Crippen LogP contribution is 2.35. The smallest absolute Gasteiger partial charge is 0.168 e. The molecule has 0 spiro atoms. The van der Waals surface area contributed by atoms with Gasteiger partial charge in [0.1, 0.15) is 0 Å². The summed E-state index contributed by atoms with van der Waals surface area (Å²) < 4.78 is 1.08. The number of fused-ring (bicyclic) bond motifs is 1. The van der Waals surface area contributed by atoms with Gasteiger partial charge in [-0.25, -0.2) is 0 Å². The first-order chi connectivity index (χ1) is 8.66. The van der Waals surface area contributed by atoms with E-state index in [1.807, 2.05) is 18.2 Å². The van der Waals surface area contributed by atoms with E-state index in [1.165, 1.54) is 18.4 Å². The quantitative estimate of drug-likeness (QED) is 0.862. The van der Waals surface area contributed by atoms with Crippen LogP contribution in [0.3, 0.4) is 0 Å². The zero-order chi connectivity index (χ0) is 12.7. The van der Waals surface area contributed by atoms with Crippen LogP contribution in [0.2, 0.25) is 0 Å². The number of rotatable bonds is 1. The van der Waals surface area contributed by atoms with Crippen molar-refractivity contribution in [3.05, 3.63) is 33.8 Å². The molecule has 3 rings (SSSR count). The Kier molecular flexibility index (Phi) is 3.29. The number of ketones is 1. The normalized spacial score (nSPS) is 31.4. The predicted octanol–water partition coefficient (Wildman–Crippen LogP) is 3.33. The Labute approximate surface area is 116 Å². The van der Waals surface area contributed by atoms with Crippen LogP contribution >= 0.6 is 15.9 Å². The van der Waals surface area contributed by atoms with Crippen LogP contribution in [0.5, 0.6) is 0 Å². The largest absolute Gasteiger partial charge is 0.311 e. The summed E-state index contributed by atoms with van der Waals surface area (Å²) in [6.45, 7) is 2.22. The maximum atomic E-state index is 12.5. The molecule has 0 bridgehead atoms. The Morgan fingerprint density at radius 3 is 2.89 bits per heavy atom. The molecule has 2 aliphatic rings. The molecule has 2 nitrogen and oxygen atoms in total. The number of Topliss-reactive ketones (excluding diaryl/α,β-unsaturated/α-hetero) is 1. The SMILES string of the molecule is CC1CCCC(C2Cc3c(Br)cccc3C2=O)N1. The first kappa shape index (κ1) is 12.4. The molecule has 0 radical (unpaired) electrons. The van der Waals surface area contributed by atoms with Crippen molar-refractivity contribution in [3.63, 3.8) is 0 Å². The summed E-state index contributed by atoms with van der Waals surface area (Å²) in [6.07, 6.45) is 4.49. The van der Waals surface area contributed by atoms with Gasteiger partial charge in [-0.2, -0.15) is 0 Å². The standard InChI is InChI=1S/C15H18BrNO/c1-9-4-2-7-14(17-9)12-8-11-10(15(12)18)5-3-6-13(11)16/h3,5-6,9,12,14,17H,2,4,7-8H2,1H3.